The molecule has 0 aromatic carbocycles. The van der Waals surface area contributed by atoms with Gasteiger partial charge in [0.2, 0.25) is 0 Å². The van der Waals surface area contributed by atoms with Crippen molar-refractivity contribution in [2.45, 2.75) is 6.92 Å². The Kier molecular flexibility index (Phi) is 2.56. The third-order valence-corrected chi connectivity index (χ3v) is 3.54. The molecule has 0 bridgehead atoms. The minimum atomic E-state index is -0.126. The van der Waals surface area contributed by atoms with Gasteiger partial charge in [0, 0.05) is 18.1 Å². The first-order chi connectivity index (χ1) is 8.74. The topological polar surface area (TPSA) is 59.3 Å². The summed E-state index contributed by atoms with van der Waals surface area (Å²) < 4.78 is 1.74. The number of aromatic nitrogens is 3. The number of carbonyl (C=O) groups is 1. The van der Waals surface area contributed by atoms with E-state index in [9.17, 15) is 4.79 Å². The Morgan fingerprint density at radius 3 is 3.11 bits per heavy atom. The SMILES string of the molecule is Cc1ncsc1C(=O)Nc1ccn2nccc2c1. The molecule has 1 amide bonds. The van der Waals surface area contributed by atoms with E-state index in [1.165, 1.54) is 11.3 Å². The van der Waals surface area contributed by atoms with Gasteiger partial charge in [0.1, 0.15) is 4.88 Å². The molecule has 0 spiro atoms. The second-order valence-electron chi connectivity index (χ2n) is 3.84. The van der Waals surface area contributed by atoms with Crippen LogP contribution >= 0.6 is 11.3 Å². The van der Waals surface area contributed by atoms with Crippen LogP contribution in [0.5, 0.6) is 0 Å². The second kappa shape index (κ2) is 4.23. The summed E-state index contributed by atoms with van der Waals surface area (Å²) >= 11 is 1.34. The van der Waals surface area contributed by atoms with Crippen LogP contribution < -0.4 is 5.32 Å². The third-order valence-electron chi connectivity index (χ3n) is 2.61. The van der Waals surface area contributed by atoms with Crippen LogP contribution in [0.3, 0.4) is 0 Å². The number of carbonyl (C=O) groups excluding carboxylic acids is 1. The first-order valence-electron chi connectivity index (χ1n) is 5.39. The standard InChI is InChI=1S/C12H10N4OS/c1-8-11(18-7-13-8)12(17)15-9-3-5-16-10(6-9)2-4-14-16/h2-7H,1H3,(H,15,17). The van der Waals surface area contributed by atoms with Crippen LogP contribution in [0, 0.1) is 6.92 Å². The van der Waals surface area contributed by atoms with Gasteiger partial charge in [-0.3, -0.25) is 4.79 Å². The predicted octanol–water partition coefficient (Wildman–Crippen LogP) is 2.35. The molecular weight excluding hydrogens is 248 g/mol. The highest BCUT2D eigenvalue weighted by atomic mass is 32.1. The normalized spacial score (nSPS) is 10.7. The van der Waals surface area contributed by atoms with E-state index in [0.717, 1.165) is 16.9 Å². The molecular formula is C12H10N4OS. The Bertz CT molecular complexity index is 716. The van der Waals surface area contributed by atoms with E-state index in [2.05, 4.69) is 15.4 Å². The van der Waals surface area contributed by atoms with E-state index in [1.807, 2.05) is 31.3 Å². The molecule has 6 heteroatoms. The van der Waals surface area contributed by atoms with E-state index in [4.69, 9.17) is 0 Å². The summed E-state index contributed by atoms with van der Waals surface area (Å²) in [7, 11) is 0. The lowest BCUT2D eigenvalue weighted by molar-refractivity contribution is 0.103. The molecule has 0 unspecified atom stereocenters. The van der Waals surface area contributed by atoms with Gasteiger partial charge in [0.15, 0.2) is 0 Å². The molecule has 3 heterocycles. The van der Waals surface area contributed by atoms with Crippen molar-refractivity contribution < 1.29 is 4.79 Å². The predicted molar refractivity (Wildman–Crippen MR) is 70.0 cm³/mol. The van der Waals surface area contributed by atoms with Crippen molar-refractivity contribution in [1.29, 1.82) is 0 Å². The lowest BCUT2D eigenvalue weighted by Gasteiger charge is -2.04. The van der Waals surface area contributed by atoms with Crippen LogP contribution in [0.4, 0.5) is 5.69 Å². The highest BCUT2D eigenvalue weighted by Gasteiger charge is 2.11. The minimum absolute atomic E-state index is 0.126. The van der Waals surface area contributed by atoms with Gasteiger partial charge in [-0.15, -0.1) is 11.3 Å². The zero-order valence-corrected chi connectivity index (χ0v) is 10.4. The van der Waals surface area contributed by atoms with Crippen molar-refractivity contribution in [3.63, 3.8) is 0 Å². The molecule has 3 rings (SSSR count). The lowest BCUT2D eigenvalue weighted by atomic mass is 10.3. The maximum absolute atomic E-state index is 12.0. The molecule has 0 saturated carbocycles. The Morgan fingerprint density at radius 1 is 1.44 bits per heavy atom. The molecule has 3 aromatic rings. The zero-order valence-electron chi connectivity index (χ0n) is 9.62. The van der Waals surface area contributed by atoms with E-state index in [0.29, 0.717) is 4.88 Å². The summed E-state index contributed by atoms with van der Waals surface area (Å²) in [6.07, 6.45) is 3.53. The molecule has 0 atom stereocenters. The highest BCUT2D eigenvalue weighted by molar-refractivity contribution is 7.12. The van der Waals surface area contributed by atoms with E-state index in [-0.39, 0.29) is 5.91 Å². The van der Waals surface area contributed by atoms with Gasteiger partial charge in [-0.05, 0) is 25.1 Å². The lowest BCUT2D eigenvalue weighted by Crippen LogP contribution is -2.11. The van der Waals surface area contributed by atoms with E-state index < -0.39 is 0 Å². The molecule has 18 heavy (non-hydrogen) atoms. The van der Waals surface area contributed by atoms with E-state index in [1.54, 1.807) is 16.2 Å². The van der Waals surface area contributed by atoms with Crippen LogP contribution in [0.2, 0.25) is 0 Å². The van der Waals surface area contributed by atoms with Crippen molar-refractivity contribution in [3.05, 3.63) is 46.7 Å². The average Bonchev–Trinajstić information content (AvgIpc) is 2.96. The van der Waals surface area contributed by atoms with Crippen molar-refractivity contribution >= 4 is 28.4 Å². The Labute approximate surface area is 107 Å². The minimum Gasteiger partial charge on any atom is -0.321 e. The summed E-state index contributed by atoms with van der Waals surface area (Å²) in [5.74, 6) is -0.126. The highest BCUT2D eigenvalue weighted by Crippen LogP contribution is 2.16. The number of hydrogen-bond acceptors (Lipinski definition) is 4. The zero-order chi connectivity index (χ0) is 12.5. The van der Waals surface area contributed by atoms with Gasteiger partial charge in [0.05, 0.1) is 16.7 Å². The number of pyridine rings is 1. The van der Waals surface area contributed by atoms with E-state index >= 15 is 0 Å². The molecule has 1 N–H and O–H groups in total. The van der Waals surface area contributed by atoms with Crippen LogP contribution in [0.1, 0.15) is 15.4 Å². The fourth-order valence-electron chi connectivity index (χ4n) is 1.71. The van der Waals surface area contributed by atoms with Crippen molar-refractivity contribution in [3.8, 4) is 0 Å². The molecule has 0 aliphatic rings. The molecule has 0 aliphatic heterocycles. The number of nitrogens with one attached hydrogen (secondary N) is 1. The number of rotatable bonds is 2. The Morgan fingerprint density at radius 2 is 2.33 bits per heavy atom. The molecule has 5 nitrogen and oxygen atoms in total. The van der Waals surface area contributed by atoms with Crippen molar-refractivity contribution in [2.75, 3.05) is 5.32 Å². The summed E-state index contributed by atoms with van der Waals surface area (Å²) in [4.78, 5) is 16.7. The molecule has 90 valence electrons. The fourth-order valence-corrected chi connectivity index (χ4v) is 2.40. The largest absolute Gasteiger partial charge is 0.321 e. The van der Waals surface area contributed by atoms with Crippen LogP contribution in [-0.2, 0) is 0 Å². The number of anilines is 1. The van der Waals surface area contributed by atoms with Crippen molar-refractivity contribution in [2.24, 2.45) is 0 Å². The number of aryl methyl sites for hydroxylation is 1. The maximum atomic E-state index is 12.0. The summed E-state index contributed by atoms with van der Waals surface area (Å²) in [6.45, 7) is 1.82. The summed E-state index contributed by atoms with van der Waals surface area (Å²) in [5.41, 5.74) is 4.11. The Hall–Kier alpha value is -2.21. The molecule has 0 saturated heterocycles. The summed E-state index contributed by atoms with van der Waals surface area (Å²) in [5, 5.41) is 6.96. The first-order valence-corrected chi connectivity index (χ1v) is 6.27. The first kappa shape index (κ1) is 10.9. The molecule has 0 aliphatic carbocycles. The van der Waals surface area contributed by atoms with Crippen LogP contribution in [0.25, 0.3) is 5.52 Å². The molecule has 0 radical (unpaired) electrons. The van der Waals surface area contributed by atoms with Gasteiger partial charge in [-0.1, -0.05) is 0 Å². The number of hydrogen-bond donors (Lipinski definition) is 1. The maximum Gasteiger partial charge on any atom is 0.267 e. The Balaban J connectivity index is 1.88. The number of amides is 1. The second-order valence-corrected chi connectivity index (χ2v) is 4.69. The van der Waals surface area contributed by atoms with Gasteiger partial charge in [-0.2, -0.15) is 5.10 Å². The quantitative estimate of drug-likeness (QED) is 0.767. The number of fused-ring (bicyclic) bond motifs is 1. The van der Waals surface area contributed by atoms with Gasteiger partial charge in [-0.25, -0.2) is 9.50 Å². The molecule has 0 fully saturated rings. The summed E-state index contributed by atoms with van der Waals surface area (Å²) in [6, 6.07) is 5.57. The van der Waals surface area contributed by atoms with Gasteiger partial charge >= 0.3 is 0 Å². The van der Waals surface area contributed by atoms with Crippen molar-refractivity contribution in [1.82, 2.24) is 14.6 Å². The smallest absolute Gasteiger partial charge is 0.267 e. The van der Waals surface area contributed by atoms with Gasteiger partial charge in [0.25, 0.3) is 5.91 Å². The number of thiazole rings is 1. The van der Waals surface area contributed by atoms with Gasteiger partial charge < -0.3 is 5.32 Å². The third kappa shape index (κ3) is 1.86. The van der Waals surface area contributed by atoms with Crippen LogP contribution in [0.15, 0.2) is 36.1 Å². The average molecular weight is 258 g/mol. The fraction of sp³-hybridized carbons (Fsp3) is 0.0833. The monoisotopic (exact) mass is 258 g/mol. The molecule has 3 aromatic heterocycles. The number of nitrogens with zero attached hydrogens (tertiary/aromatic N) is 3. The van der Waals surface area contributed by atoms with Crippen LogP contribution in [-0.4, -0.2) is 20.5 Å².